The standard InChI is InChI=1S/C11H12N2O3/c1-3-16-11(15)8-4-5-13-7(2)10(14)12-9(13)6-8/h4-6,14H,3H2,1-2H3. The van der Waals surface area contributed by atoms with Crippen LogP contribution in [0.5, 0.6) is 5.88 Å². The summed E-state index contributed by atoms with van der Waals surface area (Å²) in [5.41, 5.74) is 1.60. The van der Waals surface area contributed by atoms with E-state index in [0.29, 0.717) is 23.5 Å². The fraction of sp³-hybridized carbons (Fsp3) is 0.273. The van der Waals surface area contributed by atoms with E-state index in [2.05, 4.69) is 4.98 Å². The van der Waals surface area contributed by atoms with Crippen molar-refractivity contribution in [1.29, 1.82) is 0 Å². The van der Waals surface area contributed by atoms with E-state index in [1.54, 1.807) is 36.6 Å². The second-order valence-corrected chi connectivity index (χ2v) is 3.38. The molecule has 2 aromatic rings. The lowest BCUT2D eigenvalue weighted by atomic mass is 10.2. The van der Waals surface area contributed by atoms with Gasteiger partial charge < -0.3 is 14.2 Å². The molecule has 5 heteroatoms. The van der Waals surface area contributed by atoms with E-state index in [-0.39, 0.29) is 11.8 Å². The van der Waals surface area contributed by atoms with Gasteiger partial charge in [0.05, 0.1) is 17.9 Å². The highest BCUT2D eigenvalue weighted by Crippen LogP contribution is 2.18. The normalized spacial score (nSPS) is 10.6. The number of aryl methyl sites for hydroxylation is 1. The monoisotopic (exact) mass is 220 g/mol. The highest BCUT2D eigenvalue weighted by atomic mass is 16.5. The molecule has 0 radical (unpaired) electrons. The van der Waals surface area contributed by atoms with Crippen molar-refractivity contribution in [3.63, 3.8) is 0 Å². The maximum Gasteiger partial charge on any atom is 0.338 e. The lowest BCUT2D eigenvalue weighted by Crippen LogP contribution is -2.05. The molecule has 0 aliphatic rings. The van der Waals surface area contributed by atoms with Gasteiger partial charge in [-0.15, -0.1) is 0 Å². The van der Waals surface area contributed by atoms with Gasteiger partial charge in [0.1, 0.15) is 5.65 Å². The number of hydrogen-bond donors (Lipinski definition) is 1. The number of aromatic nitrogens is 2. The van der Waals surface area contributed by atoms with Gasteiger partial charge in [0.2, 0.25) is 5.88 Å². The van der Waals surface area contributed by atoms with E-state index >= 15 is 0 Å². The van der Waals surface area contributed by atoms with Crippen LogP contribution in [0.3, 0.4) is 0 Å². The molecule has 84 valence electrons. The Morgan fingerprint density at radius 2 is 2.38 bits per heavy atom. The molecule has 0 fully saturated rings. The molecule has 0 saturated heterocycles. The molecule has 0 spiro atoms. The van der Waals surface area contributed by atoms with Crippen LogP contribution < -0.4 is 0 Å². The Hall–Kier alpha value is -2.04. The summed E-state index contributed by atoms with van der Waals surface area (Å²) in [6, 6.07) is 3.23. The number of pyridine rings is 1. The van der Waals surface area contributed by atoms with Crippen LogP contribution in [-0.4, -0.2) is 27.1 Å². The molecule has 1 N–H and O–H groups in total. The molecule has 5 nitrogen and oxygen atoms in total. The van der Waals surface area contributed by atoms with Crippen molar-refractivity contribution in [3.8, 4) is 5.88 Å². The van der Waals surface area contributed by atoms with Crippen molar-refractivity contribution in [2.24, 2.45) is 0 Å². The minimum absolute atomic E-state index is 0.0268. The Morgan fingerprint density at radius 1 is 1.62 bits per heavy atom. The molecule has 0 unspecified atom stereocenters. The van der Waals surface area contributed by atoms with Gasteiger partial charge in [0.15, 0.2) is 0 Å². The molecule has 2 rings (SSSR count). The predicted molar refractivity (Wildman–Crippen MR) is 57.6 cm³/mol. The van der Waals surface area contributed by atoms with Crippen LogP contribution in [0.2, 0.25) is 0 Å². The minimum Gasteiger partial charge on any atom is -0.492 e. The third-order valence-electron chi connectivity index (χ3n) is 2.35. The zero-order chi connectivity index (χ0) is 11.7. The maximum absolute atomic E-state index is 11.5. The number of aromatic hydroxyl groups is 1. The van der Waals surface area contributed by atoms with E-state index in [9.17, 15) is 9.90 Å². The number of hydrogen-bond acceptors (Lipinski definition) is 4. The van der Waals surface area contributed by atoms with E-state index in [1.807, 2.05) is 0 Å². The average Bonchev–Trinajstić information content (AvgIpc) is 2.55. The summed E-state index contributed by atoms with van der Waals surface area (Å²) in [6.07, 6.45) is 1.68. The van der Waals surface area contributed by atoms with Gasteiger partial charge in [0.25, 0.3) is 0 Å². The van der Waals surface area contributed by atoms with Crippen LogP contribution in [0.1, 0.15) is 23.0 Å². The van der Waals surface area contributed by atoms with Crippen molar-refractivity contribution in [1.82, 2.24) is 9.38 Å². The van der Waals surface area contributed by atoms with E-state index in [0.717, 1.165) is 0 Å². The number of fused-ring (bicyclic) bond motifs is 1. The molecule has 16 heavy (non-hydrogen) atoms. The molecule has 2 aromatic heterocycles. The number of esters is 1. The summed E-state index contributed by atoms with van der Waals surface area (Å²) in [5.74, 6) is -0.411. The first-order chi connectivity index (χ1) is 7.63. The summed E-state index contributed by atoms with van der Waals surface area (Å²) in [4.78, 5) is 15.4. The van der Waals surface area contributed by atoms with Crippen LogP contribution in [0.4, 0.5) is 0 Å². The fourth-order valence-corrected chi connectivity index (χ4v) is 1.50. The molecule has 0 aromatic carbocycles. The fourth-order valence-electron chi connectivity index (χ4n) is 1.50. The third kappa shape index (κ3) is 1.60. The quantitative estimate of drug-likeness (QED) is 0.779. The highest BCUT2D eigenvalue weighted by Gasteiger charge is 2.11. The van der Waals surface area contributed by atoms with Crippen LogP contribution >= 0.6 is 0 Å². The van der Waals surface area contributed by atoms with E-state index < -0.39 is 0 Å². The number of imidazole rings is 1. The first kappa shape index (κ1) is 10.5. The van der Waals surface area contributed by atoms with Crippen molar-refractivity contribution in [2.75, 3.05) is 6.61 Å². The summed E-state index contributed by atoms with van der Waals surface area (Å²) in [5, 5.41) is 9.43. The number of carbonyl (C=O) groups is 1. The van der Waals surface area contributed by atoms with E-state index in [1.165, 1.54) is 0 Å². The van der Waals surface area contributed by atoms with Crippen molar-refractivity contribution in [2.45, 2.75) is 13.8 Å². The molecule has 0 aliphatic carbocycles. The van der Waals surface area contributed by atoms with Gasteiger partial charge in [-0.2, -0.15) is 4.98 Å². The van der Waals surface area contributed by atoms with Crippen molar-refractivity contribution in [3.05, 3.63) is 29.6 Å². The lowest BCUT2D eigenvalue weighted by Gasteiger charge is -2.02. The van der Waals surface area contributed by atoms with Crippen LogP contribution in [0.25, 0.3) is 5.65 Å². The van der Waals surface area contributed by atoms with E-state index in [4.69, 9.17) is 4.74 Å². The number of rotatable bonds is 2. The van der Waals surface area contributed by atoms with Gasteiger partial charge in [-0.05, 0) is 26.0 Å². The van der Waals surface area contributed by atoms with Gasteiger partial charge in [-0.3, -0.25) is 0 Å². The SMILES string of the molecule is CCOC(=O)c1ccn2c(C)c(O)nc2c1. The summed E-state index contributed by atoms with van der Waals surface area (Å²) in [6.45, 7) is 3.84. The Balaban J connectivity index is 2.48. The number of ether oxygens (including phenoxy) is 1. The first-order valence-electron chi connectivity index (χ1n) is 4.98. The first-order valence-corrected chi connectivity index (χ1v) is 4.98. The Bertz CT molecular complexity index is 545. The summed E-state index contributed by atoms with van der Waals surface area (Å²) >= 11 is 0. The number of nitrogens with zero attached hydrogens (tertiary/aromatic N) is 2. The van der Waals surface area contributed by atoms with Crippen LogP contribution in [0, 0.1) is 6.92 Å². The molecule has 2 heterocycles. The molecule has 0 amide bonds. The van der Waals surface area contributed by atoms with Gasteiger partial charge in [-0.1, -0.05) is 0 Å². The second kappa shape index (κ2) is 3.84. The minimum atomic E-state index is -0.384. The summed E-state index contributed by atoms with van der Waals surface area (Å²) < 4.78 is 6.58. The Kier molecular flexibility index (Phi) is 2.52. The summed E-state index contributed by atoms with van der Waals surface area (Å²) in [7, 11) is 0. The molecule has 0 saturated carbocycles. The highest BCUT2D eigenvalue weighted by molar-refractivity contribution is 5.90. The molecule has 0 atom stereocenters. The molecule has 0 aliphatic heterocycles. The van der Waals surface area contributed by atoms with Crippen molar-refractivity contribution >= 4 is 11.6 Å². The number of carbonyl (C=O) groups excluding carboxylic acids is 1. The van der Waals surface area contributed by atoms with Gasteiger partial charge in [-0.25, -0.2) is 4.79 Å². The Morgan fingerprint density at radius 3 is 3.06 bits per heavy atom. The lowest BCUT2D eigenvalue weighted by molar-refractivity contribution is 0.0526. The second-order valence-electron chi connectivity index (χ2n) is 3.38. The van der Waals surface area contributed by atoms with Gasteiger partial charge in [0, 0.05) is 6.20 Å². The Labute approximate surface area is 92.3 Å². The molecule has 0 bridgehead atoms. The van der Waals surface area contributed by atoms with Crippen molar-refractivity contribution < 1.29 is 14.6 Å². The predicted octanol–water partition coefficient (Wildman–Crippen LogP) is 1.53. The largest absolute Gasteiger partial charge is 0.492 e. The third-order valence-corrected chi connectivity index (χ3v) is 2.35. The van der Waals surface area contributed by atoms with Gasteiger partial charge >= 0.3 is 5.97 Å². The van der Waals surface area contributed by atoms with Crippen LogP contribution in [0.15, 0.2) is 18.3 Å². The van der Waals surface area contributed by atoms with Crippen LogP contribution in [-0.2, 0) is 4.74 Å². The molecular weight excluding hydrogens is 208 g/mol. The zero-order valence-corrected chi connectivity index (χ0v) is 9.10. The molecular formula is C11H12N2O3. The topological polar surface area (TPSA) is 63.8 Å². The smallest absolute Gasteiger partial charge is 0.338 e. The average molecular weight is 220 g/mol. The zero-order valence-electron chi connectivity index (χ0n) is 9.10. The maximum atomic E-state index is 11.5.